The number of aromatic nitrogens is 4. The number of nitrogens with one attached hydrogen (secondary N) is 1. The van der Waals surface area contributed by atoms with Gasteiger partial charge in [0.15, 0.2) is 5.65 Å². The molecular weight excluding hydrogens is 298 g/mol. The van der Waals surface area contributed by atoms with Crippen LogP contribution >= 0.6 is 0 Å². The summed E-state index contributed by atoms with van der Waals surface area (Å²) in [6, 6.07) is 10.3. The van der Waals surface area contributed by atoms with E-state index < -0.39 is 0 Å². The Bertz CT molecular complexity index is 943. The van der Waals surface area contributed by atoms with Crippen molar-refractivity contribution in [3.8, 4) is 11.8 Å². The van der Waals surface area contributed by atoms with Gasteiger partial charge in [0.05, 0.1) is 5.39 Å². The van der Waals surface area contributed by atoms with Gasteiger partial charge in [0.2, 0.25) is 0 Å². The third kappa shape index (κ3) is 2.95. The zero-order valence-electron chi connectivity index (χ0n) is 13.9. The van der Waals surface area contributed by atoms with Gasteiger partial charge in [-0.1, -0.05) is 36.3 Å². The van der Waals surface area contributed by atoms with Crippen LogP contribution in [-0.4, -0.2) is 19.7 Å². The molecule has 4 rings (SSSR count). The summed E-state index contributed by atoms with van der Waals surface area (Å²) in [5.41, 5.74) is 2.78. The third-order valence-electron chi connectivity index (χ3n) is 4.07. The van der Waals surface area contributed by atoms with Crippen LogP contribution in [0.2, 0.25) is 0 Å². The second-order valence-electron chi connectivity index (χ2n) is 6.17. The van der Waals surface area contributed by atoms with E-state index in [-0.39, 0.29) is 0 Å². The summed E-state index contributed by atoms with van der Waals surface area (Å²) in [7, 11) is 1.90. The van der Waals surface area contributed by atoms with Crippen molar-refractivity contribution in [1.82, 2.24) is 19.7 Å². The van der Waals surface area contributed by atoms with Crippen molar-refractivity contribution >= 4 is 16.9 Å². The average Bonchev–Trinajstić information content (AvgIpc) is 3.36. The van der Waals surface area contributed by atoms with E-state index in [0.29, 0.717) is 12.5 Å². The van der Waals surface area contributed by atoms with E-state index in [2.05, 4.69) is 44.4 Å². The maximum atomic E-state index is 4.59. The number of nitrogens with zero attached hydrogens (tertiary/aromatic N) is 4. The number of hydrogen-bond acceptors (Lipinski definition) is 4. The van der Waals surface area contributed by atoms with Crippen LogP contribution in [0.1, 0.15) is 29.9 Å². The molecule has 0 amide bonds. The predicted molar refractivity (Wildman–Crippen MR) is 94.4 cm³/mol. The van der Waals surface area contributed by atoms with Crippen LogP contribution in [0.25, 0.3) is 11.0 Å². The summed E-state index contributed by atoms with van der Waals surface area (Å²) in [5, 5.41) is 8.89. The smallest absolute Gasteiger partial charge is 0.164 e. The van der Waals surface area contributed by atoms with Gasteiger partial charge >= 0.3 is 0 Å². The summed E-state index contributed by atoms with van der Waals surface area (Å²) in [5.74, 6) is 8.57. The monoisotopic (exact) mass is 317 g/mol. The first kappa shape index (κ1) is 14.7. The number of benzene rings is 1. The van der Waals surface area contributed by atoms with Gasteiger partial charge in [-0.2, -0.15) is 5.10 Å². The molecule has 24 heavy (non-hydrogen) atoms. The van der Waals surface area contributed by atoms with Crippen LogP contribution in [0.3, 0.4) is 0 Å². The standard InChI is InChI=1S/C19H19N5/c1-13-21-18(20-12-15-6-4-3-5-7-15)17-16(11-10-14-8-9-14)23-24(2)19(17)22-13/h3-7,14H,8-9,12H2,1-2H3,(H,20,21,22). The molecule has 3 aromatic rings. The molecule has 0 spiro atoms. The highest BCUT2D eigenvalue weighted by Crippen LogP contribution is 2.28. The van der Waals surface area contributed by atoms with E-state index in [1.807, 2.05) is 32.2 Å². The van der Waals surface area contributed by atoms with Crippen LogP contribution in [0.15, 0.2) is 30.3 Å². The highest BCUT2D eigenvalue weighted by Gasteiger charge is 2.19. The Morgan fingerprint density at radius 2 is 2.00 bits per heavy atom. The van der Waals surface area contributed by atoms with Crippen molar-refractivity contribution in [1.29, 1.82) is 0 Å². The first-order valence-corrected chi connectivity index (χ1v) is 8.21. The second kappa shape index (κ2) is 5.97. The van der Waals surface area contributed by atoms with Gasteiger partial charge < -0.3 is 5.32 Å². The molecule has 120 valence electrons. The lowest BCUT2D eigenvalue weighted by molar-refractivity contribution is 0.778. The van der Waals surface area contributed by atoms with E-state index >= 15 is 0 Å². The maximum absolute atomic E-state index is 4.59. The molecule has 0 unspecified atom stereocenters. The van der Waals surface area contributed by atoms with Gasteiger partial charge in [0.25, 0.3) is 0 Å². The van der Waals surface area contributed by atoms with Crippen molar-refractivity contribution in [3.63, 3.8) is 0 Å². The van der Waals surface area contributed by atoms with E-state index in [4.69, 9.17) is 0 Å². The Labute approximate surface area is 141 Å². The first-order valence-electron chi connectivity index (χ1n) is 8.21. The molecular formula is C19H19N5. The minimum Gasteiger partial charge on any atom is -0.365 e. The van der Waals surface area contributed by atoms with E-state index in [1.54, 1.807) is 4.68 Å². The van der Waals surface area contributed by atoms with Gasteiger partial charge in [-0.05, 0) is 31.2 Å². The lowest BCUT2D eigenvalue weighted by atomic mass is 10.2. The Morgan fingerprint density at radius 1 is 1.21 bits per heavy atom. The molecule has 0 atom stereocenters. The minimum atomic E-state index is 0.536. The minimum absolute atomic E-state index is 0.536. The Kier molecular flexibility index (Phi) is 3.66. The van der Waals surface area contributed by atoms with Crippen LogP contribution in [0.4, 0.5) is 5.82 Å². The van der Waals surface area contributed by atoms with Crippen LogP contribution in [0.5, 0.6) is 0 Å². The lowest BCUT2D eigenvalue weighted by Crippen LogP contribution is -2.04. The fraction of sp³-hybridized carbons (Fsp3) is 0.316. The largest absolute Gasteiger partial charge is 0.365 e. The van der Waals surface area contributed by atoms with Gasteiger partial charge in [-0.15, -0.1) is 0 Å². The molecule has 1 saturated carbocycles. The highest BCUT2D eigenvalue weighted by atomic mass is 15.3. The van der Waals surface area contributed by atoms with Gasteiger partial charge in [0.1, 0.15) is 17.3 Å². The molecule has 0 aliphatic heterocycles. The predicted octanol–water partition coefficient (Wildman–Crippen LogP) is 3.05. The van der Waals surface area contributed by atoms with Crippen molar-refractivity contribution < 1.29 is 0 Å². The summed E-state index contributed by atoms with van der Waals surface area (Å²) in [6.45, 7) is 2.60. The number of rotatable bonds is 3. The fourth-order valence-corrected chi connectivity index (χ4v) is 2.65. The molecule has 0 radical (unpaired) electrons. The van der Waals surface area contributed by atoms with Gasteiger partial charge in [0, 0.05) is 19.5 Å². The summed E-state index contributed by atoms with van der Waals surface area (Å²) < 4.78 is 1.79. The Hall–Kier alpha value is -2.87. The number of anilines is 1. The molecule has 1 aliphatic carbocycles. The molecule has 2 aromatic heterocycles. The molecule has 1 aliphatic rings. The number of aryl methyl sites for hydroxylation is 2. The lowest BCUT2D eigenvalue weighted by Gasteiger charge is -2.08. The molecule has 2 heterocycles. The van der Waals surface area contributed by atoms with Crippen molar-refractivity contribution in [2.75, 3.05) is 5.32 Å². The van der Waals surface area contributed by atoms with Gasteiger partial charge in [-0.3, -0.25) is 0 Å². The van der Waals surface area contributed by atoms with E-state index in [9.17, 15) is 0 Å². The van der Waals surface area contributed by atoms with Crippen molar-refractivity contribution in [2.45, 2.75) is 26.3 Å². The summed E-state index contributed by atoms with van der Waals surface area (Å²) in [4.78, 5) is 9.13. The SMILES string of the molecule is Cc1nc(NCc2ccccc2)c2c(C#CC3CC3)nn(C)c2n1. The van der Waals surface area contributed by atoms with Crippen molar-refractivity contribution in [3.05, 3.63) is 47.4 Å². The normalized spacial score (nSPS) is 13.6. The molecule has 1 aromatic carbocycles. The zero-order valence-corrected chi connectivity index (χ0v) is 13.9. The number of hydrogen-bond donors (Lipinski definition) is 1. The molecule has 1 N–H and O–H groups in total. The van der Waals surface area contributed by atoms with Gasteiger partial charge in [-0.25, -0.2) is 14.6 Å². The zero-order chi connectivity index (χ0) is 16.5. The second-order valence-corrected chi connectivity index (χ2v) is 6.17. The van der Waals surface area contributed by atoms with Crippen LogP contribution < -0.4 is 5.32 Å². The molecule has 1 fully saturated rings. The number of fused-ring (bicyclic) bond motifs is 1. The topological polar surface area (TPSA) is 55.6 Å². The van der Waals surface area contributed by atoms with E-state index in [1.165, 1.54) is 18.4 Å². The summed E-state index contributed by atoms with van der Waals surface area (Å²) >= 11 is 0. The molecule has 0 saturated heterocycles. The van der Waals surface area contributed by atoms with Crippen LogP contribution in [0, 0.1) is 24.7 Å². The third-order valence-corrected chi connectivity index (χ3v) is 4.07. The average molecular weight is 317 g/mol. The van der Waals surface area contributed by atoms with Crippen LogP contribution in [-0.2, 0) is 13.6 Å². The maximum Gasteiger partial charge on any atom is 0.164 e. The molecule has 5 heteroatoms. The van der Waals surface area contributed by atoms with E-state index in [0.717, 1.165) is 28.4 Å². The Balaban J connectivity index is 1.74. The molecule has 5 nitrogen and oxygen atoms in total. The quantitative estimate of drug-likeness (QED) is 0.754. The summed E-state index contributed by atoms with van der Waals surface area (Å²) in [6.07, 6.45) is 2.40. The highest BCUT2D eigenvalue weighted by molar-refractivity contribution is 5.91. The first-order chi connectivity index (χ1) is 11.7. The Morgan fingerprint density at radius 3 is 2.75 bits per heavy atom. The molecule has 0 bridgehead atoms. The van der Waals surface area contributed by atoms with Crippen molar-refractivity contribution in [2.24, 2.45) is 13.0 Å². The fourth-order valence-electron chi connectivity index (χ4n) is 2.65.